The third-order valence-electron chi connectivity index (χ3n) is 4.23. The number of H-pyrrole nitrogens is 1. The molecule has 2 aromatic rings. The summed E-state index contributed by atoms with van der Waals surface area (Å²) in [5.41, 5.74) is -1.62. The van der Waals surface area contributed by atoms with Crippen LogP contribution in [-0.4, -0.2) is 19.5 Å². The number of aromatic nitrogens is 1. The zero-order chi connectivity index (χ0) is 17.9. The first-order valence-corrected chi connectivity index (χ1v) is 11.5. The van der Waals surface area contributed by atoms with Gasteiger partial charge >= 0.3 is 6.18 Å². The van der Waals surface area contributed by atoms with Crippen molar-refractivity contribution in [3.63, 3.8) is 0 Å². The first-order valence-electron chi connectivity index (χ1n) is 7.71. The molecule has 1 aromatic carbocycles. The molecule has 8 heteroatoms. The summed E-state index contributed by atoms with van der Waals surface area (Å²) < 4.78 is 61.7. The highest BCUT2D eigenvalue weighted by atomic mass is 35.5. The van der Waals surface area contributed by atoms with Crippen LogP contribution in [-0.2, 0) is 16.4 Å². The van der Waals surface area contributed by atoms with Gasteiger partial charge in [0, 0.05) is 5.39 Å². The number of benzene rings is 1. The predicted molar refractivity (Wildman–Crippen MR) is 88.4 cm³/mol. The maximum Gasteiger partial charge on any atom is 0.422 e. The second-order valence-electron chi connectivity index (χ2n) is 7.18. The van der Waals surface area contributed by atoms with E-state index in [-0.39, 0.29) is 17.1 Å². The summed E-state index contributed by atoms with van der Waals surface area (Å²) in [5, 5.41) is 0.478. The van der Waals surface area contributed by atoms with Crippen molar-refractivity contribution in [2.75, 3.05) is 0 Å². The van der Waals surface area contributed by atoms with Gasteiger partial charge in [-0.1, -0.05) is 11.6 Å². The Morgan fingerprint density at radius 2 is 1.92 bits per heavy atom. The highest BCUT2D eigenvalue weighted by Gasteiger charge is 2.61. The molecule has 24 heavy (non-hydrogen) atoms. The number of aromatic amines is 1. The number of halogens is 5. The van der Waals surface area contributed by atoms with Crippen molar-refractivity contribution < 1.29 is 22.0 Å². The maximum atomic E-state index is 14.1. The van der Waals surface area contributed by atoms with E-state index in [2.05, 4.69) is 4.98 Å². The van der Waals surface area contributed by atoms with E-state index in [0.717, 1.165) is 6.07 Å². The average molecular weight is 380 g/mol. The molecule has 1 unspecified atom stereocenters. The van der Waals surface area contributed by atoms with Crippen molar-refractivity contribution in [1.29, 1.82) is 0 Å². The third kappa shape index (κ3) is 2.76. The smallest absolute Gasteiger partial charge is 0.399 e. The standard InChI is InChI=1S/C16H18ClF4NOSi/c1-24(2,3)23-15(16(19,20)21)6-4-5-10-11-7-9(18)8-12(17)13(11)22-14(10)15/h7-8,22H,4-6H2,1-3H3. The van der Waals surface area contributed by atoms with E-state index in [1.807, 2.05) is 0 Å². The Labute approximate surface area is 143 Å². The summed E-state index contributed by atoms with van der Waals surface area (Å²) in [6.45, 7) is 5.18. The minimum Gasteiger partial charge on any atom is -0.399 e. The van der Waals surface area contributed by atoms with Crippen LogP contribution >= 0.6 is 11.6 Å². The molecule has 1 atom stereocenters. The molecule has 1 heterocycles. The highest BCUT2D eigenvalue weighted by Crippen LogP contribution is 2.52. The minimum absolute atomic E-state index is 0.0221. The van der Waals surface area contributed by atoms with Crippen molar-refractivity contribution in [1.82, 2.24) is 4.98 Å². The molecule has 0 saturated carbocycles. The first kappa shape index (κ1) is 17.8. The molecule has 0 spiro atoms. The molecular weight excluding hydrogens is 362 g/mol. The van der Waals surface area contributed by atoms with Crippen LogP contribution in [0, 0.1) is 5.82 Å². The van der Waals surface area contributed by atoms with Gasteiger partial charge in [0.1, 0.15) is 5.82 Å². The number of fused-ring (bicyclic) bond motifs is 3. The Morgan fingerprint density at radius 3 is 2.50 bits per heavy atom. The quantitative estimate of drug-likeness (QED) is 0.509. The SMILES string of the molecule is C[Si](C)(C)OC1(C(F)(F)F)CCCc2c1[nH]c1c(Cl)cc(F)cc21. The molecule has 2 nitrogen and oxygen atoms in total. The predicted octanol–water partition coefficient (Wildman–Crippen LogP) is 5.91. The molecular formula is C16H18ClF4NOSi. The average Bonchev–Trinajstić information content (AvgIpc) is 2.76. The fraction of sp³-hybridized carbons (Fsp3) is 0.500. The Morgan fingerprint density at radius 1 is 1.25 bits per heavy atom. The van der Waals surface area contributed by atoms with Crippen LogP contribution in [0.2, 0.25) is 24.7 Å². The molecule has 0 aliphatic heterocycles. The van der Waals surface area contributed by atoms with E-state index in [0.29, 0.717) is 29.3 Å². The topological polar surface area (TPSA) is 25.0 Å². The van der Waals surface area contributed by atoms with E-state index in [4.69, 9.17) is 16.0 Å². The van der Waals surface area contributed by atoms with Gasteiger partial charge in [0.15, 0.2) is 13.9 Å². The molecule has 3 rings (SSSR count). The zero-order valence-electron chi connectivity index (χ0n) is 13.6. The lowest BCUT2D eigenvalue weighted by atomic mass is 9.82. The monoisotopic (exact) mass is 379 g/mol. The zero-order valence-corrected chi connectivity index (χ0v) is 15.3. The second-order valence-corrected chi connectivity index (χ2v) is 12.0. The molecule has 1 aliphatic rings. The summed E-state index contributed by atoms with van der Waals surface area (Å²) in [5.74, 6) is -0.566. The highest BCUT2D eigenvalue weighted by molar-refractivity contribution is 6.69. The largest absolute Gasteiger partial charge is 0.422 e. The first-order chi connectivity index (χ1) is 10.9. The van der Waals surface area contributed by atoms with Gasteiger partial charge in [-0.2, -0.15) is 13.2 Å². The second kappa shape index (κ2) is 5.47. The maximum absolute atomic E-state index is 14.1. The molecule has 132 valence electrons. The van der Waals surface area contributed by atoms with Crippen molar-refractivity contribution in [3.05, 3.63) is 34.2 Å². The summed E-state index contributed by atoms with van der Waals surface area (Å²) in [6, 6.07) is 2.33. The Hall–Kier alpha value is -1.05. The van der Waals surface area contributed by atoms with Crippen molar-refractivity contribution in [2.24, 2.45) is 0 Å². The van der Waals surface area contributed by atoms with E-state index >= 15 is 0 Å². The summed E-state index contributed by atoms with van der Waals surface area (Å²) >= 11 is 6.04. The molecule has 1 aliphatic carbocycles. The molecule has 1 aromatic heterocycles. The Kier molecular flexibility index (Phi) is 4.05. The molecule has 0 saturated heterocycles. The van der Waals surface area contributed by atoms with E-state index in [1.165, 1.54) is 6.07 Å². The van der Waals surface area contributed by atoms with Gasteiger partial charge in [0.05, 0.1) is 16.2 Å². The lowest BCUT2D eigenvalue weighted by Crippen LogP contribution is -2.52. The number of rotatable bonds is 2. The van der Waals surface area contributed by atoms with Crippen LogP contribution < -0.4 is 0 Å². The van der Waals surface area contributed by atoms with Gasteiger partial charge in [0.2, 0.25) is 0 Å². The minimum atomic E-state index is -4.58. The third-order valence-corrected chi connectivity index (χ3v) is 5.49. The number of hydrogen-bond donors (Lipinski definition) is 1. The van der Waals surface area contributed by atoms with Crippen LogP contribution in [0.4, 0.5) is 17.6 Å². The van der Waals surface area contributed by atoms with Crippen LogP contribution in [0.25, 0.3) is 10.9 Å². The van der Waals surface area contributed by atoms with Gasteiger partial charge in [-0.05, 0) is 56.6 Å². The fourth-order valence-electron chi connectivity index (χ4n) is 3.48. The Balaban J connectivity index is 2.32. The van der Waals surface area contributed by atoms with E-state index in [1.54, 1.807) is 19.6 Å². The number of hydrogen-bond acceptors (Lipinski definition) is 1. The van der Waals surface area contributed by atoms with Gasteiger partial charge in [0.25, 0.3) is 0 Å². The molecule has 0 fully saturated rings. The molecule has 0 bridgehead atoms. The van der Waals surface area contributed by atoms with Crippen LogP contribution in [0.5, 0.6) is 0 Å². The molecule has 1 N–H and O–H groups in total. The summed E-state index contributed by atoms with van der Waals surface area (Å²) in [6.07, 6.45) is -3.98. The van der Waals surface area contributed by atoms with E-state index < -0.39 is 25.9 Å². The molecule has 0 radical (unpaired) electrons. The summed E-state index contributed by atoms with van der Waals surface area (Å²) in [7, 11) is -2.52. The normalized spacial score (nSPS) is 22.0. The van der Waals surface area contributed by atoms with Gasteiger partial charge in [-0.3, -0.25) is 0 Å². The van der Waals surface area contributed by atoms with E-state index in [9.17, 15) is 17.6 Å². The molecule has 0 amide bonds. The van der Waals surface area contributed by atoms with Crippen LogP contribution in [0.3, 0.4) is 0 Å². The number of nitrogens with one attached hydrogen (secondary N) is 1. The fourth-order valence-corrected chi connectivity index (χ4v) is 5.10. The lowest BCUT2D eigenvalue weighted by Gasteiger charge is -2.42. The van der Waals surface area contributed by atoms with Gasteiger partial charge < -0.3 is 9.41 Å². The lowest BCUT2D eigenvalue weighted by molar-refractivity contribution is -0.264. The van der Waals surface area contributed by atoms with Crippen molar-refractivity contribution >= 4 is 30.8 Å². The number of aryl methyl sites for hydroxylation is 1. The van der Waals surface area contributed by atoms with Crippen molar-refractivity contribution in [2.45, 2.75) is 50.7 Å². The Bertz CT molecular complexity index is 796. The van der Waals surface area contributed by atoms with Crippen molar-refractivity contribution in [3.8, 4) is 0 Å². The summed E-state index contributed by atoms with van der Waals surface area (Å²) in [4.78, 5) is 2.81. The van der Waals surface area contributed by atoms with Crippen LogP contribution in [0.1, 0.15) is 24.1 Å². The van der Waals surface area contributed by atoms with Gasteiger partial charge in [-0.15, -0.1) is 0 Å². The van der Waals surface area contributed by atoms with Crippen LogP contribution in [0.15, 0.2) is 12.1 Å². The van der Waals surface area contributed by atoms with Gasteiger partial charge in [-0.25, -0.2) is 4.39 Å². The number of alkyl halides is 3.